The van der Waals surface area contributed by atoms with Crippen molar-refractivity contribution in [2.24, 2.45) is 5.92 Å². The van der Waals surface area contributed by atoms with Crippen LogP contribution in [0.2, 0.25) is 0 Å². The van der Waals surface area contributed by atoms with Crippen molar-refractivity contribution in [3.05, 3.63) is 34.9 Å². The first-order chi connectivity index (χ1) is 9.08. The molecule has 0 aromatic heterocycles. The number of aryl methyl sites for hydroxylation is 1. The topological polar surface area (TPSA) is 29.1 Å². The Kier molecular flexibility index (Phi) is 5.03. The molecule has 1 aromatic carbocycles. The zero-order valence-electron chi connectivity index (χ0n) is 11.7. The average Bonchev–Trinajstić information content (AvgIpc) is 2.41. The minimum absolute atomic E-state index is 0.0714. The van der Waals surface area contributed by atoms with Crippen molar-refractivity contribution in [3.63, 3.8) is 0 Å². The summed E-state index contributed by atoms with van der Waals surface area (Å²) in [4.78, 5) is 12.9. The first-order valence-corrected chi connectivity index (χ1v) is 7.98. The molecule has 1 aliphatic carbocycles. The maximum atomic E-state index is 12.2. The standard InChI is InChI=1S/C16H22BrNO/c1-11-4-3-5-15(12(11)2)16(19)18-10-13-6-8-14(17)9-7-13/h3-5,13-14H,6-10H2,1-2H3,(H,18,19). The highest BCUT2D eigenvalue weighted by Gasteiger charge is 2.20. The largest absolute Gasteiger partial charge is 0.352 e. The fraction of sp³-hybridized carbons (Fsp3) is 0.562. The second-order valence-electron chi connectivity index (χ2n) is 5.58. The molecule has 2 nitrogen and oxygen atoms in total. The fourth-order valence-electron chi connectivity index (χ4n) is 2.66. The summed E-state index contributed by atoms with van der Waals surface area (Å²) in [5.74, 6) is 0.713. The smallest absolute Gasteiger partial charge is 0.251 e. The summed E-state index contributed by atoms with van der Waals surface area (Å²) < 4.78 is 0. The number of amides is 1. The molecule has 0 spiro atoms. The number of halogens is 1. The Labute approximate surface area is 124 Å². The molecule has 2 rings (SSSR count). The maximum absolute atomic E-state index is 12.2. The van der Waals surface area contributed by atoms with Crippen molar-refractivity contribution in [1.82, 2.24) is 5.32 Å². The molecule has 0 aliphatic heterocycles. The lowest BCUT2D eigenvalue weighted by molar-refractivity contribution is 0.0943. The van der Waals surface area contributed by atoms with Crippen molar-refractivity contribution in [2.45, 2.75) is 44.4 Å². The van der Waals surface area contributed by atoms with E-state index in [0.717, 1.165) is 17.7 Å². The molecule has 19 heavy (non-hydrogen) atoms. The van der Waals surface area contributed by atoms with E-state index in [1.165, 1.54) is 31.2 Å². The quantitative estimate of drug-likeness (QED) is 0.837. The highest BCUT2D eigenvalue weighted by atomic mass is 79.9. The zero-order valence-corrected chi connectivity index (χ0v) is 13.3. The Bertz CT molecular complexity index is 450. The highest BCUT2D eigenvalue weighted by molar-refractivity contribution is 9.09. The van der Waals surface area contributed by atoms with Crippen molar-refractivity contribution in [3.8, 4) is 0 Å². The van der Waals surface area contributed by atoms with Crippen LogP contribution in [0, 0.1) is 19.8 Å². The summed E-state index contributed by atoms with van der Waals surface area (Å²) in [6.45, 7) is 4.87. The highest BCUT2D eigenvalue weighted by Crippen LogP contribution is 2.28. The molecule has 3 heteroatoms. The van der Waals surface area contributed by atoms with Crippen LogP contribution >= 0.6 is 15.9 Å². The second kappa shape index (κ2) is 6.56. The molecule has 1 N–H and O–H groups in total. The van der Waals surface area contributed by atoms with Gasteiger partial charge in [-0.25, -0.2) is 0 Å². The van der Waals surface area contributed by atoms with E-state index in [0.29, 0.717) is 10.7 Å². The van der Waals surface area contributed by atoms with Crippen LogP contribution in [0.25, 0.3) is 0 Å². The zero-order chi connectivity index (χ0) is 13.8. The van der Waals surface area contributed by atoms with Crippen LogP contribution in [0.15, 0.2) is 18.2 Å². The van der Waals surface area contributed by atoms with E-state index in [1.807, 2.05) is 32.0 Å². The Hall–Kier alpha value is -0.830. The van der Waals surface area contributed by atoms with Gasteiger partial charge in [0.05, 0.1) is 0 Å². The van der Waals surface area contributed by atoms with Crippen LogP contribution < -0.4 is 5.32 Å². The molecule has 1 amide bonds. The molecule has 104 valence electrons. The normalized spacial score (nSPS) is 23.1. The van der Waals surface area contributed by atoms with Gasteiger partial charge in [0, 0.05) is 16.9 Å². The first-order valence-electron chi connectivity index (χ1n) is 7.06. The molecule has 0 atom stereocenters. The van der Waals surface area contributed by atoms with Gasteiger partial charge >= 0.3 is 0 Å². The molecular formula is C16H22BrNO. The van der Waals surface area contributed by atoms with Crippen LogP contribution in [0.3, 0.4) is 0 Å². The van der Waals surface area contributed by atoms with Gasteiger partial charge in [0.2, 0.25) is 0 Å². The third kappa shape index (κ3) is 3.82. The minimum Gasteiger partial charge on any atom is -0.352 e. The lowest BCUT2D eigenvalue weighted by Gasteiger charge is -2.25. The number of carbonyl (C=O) groups excluding carboxylic acids is 1. The second-order valence-corrected chi connectivity index (χ2v) is 6.87. The molecule has 0 unspecified atom stereocenters. The number of benzene rings is 1. The predicted octanol–water partition coefficient (Wildman–Crippen LogP) is 3.99. The van der Waals surface area contributed by atoms with Crippen LogP contribution in [0.1, 0.15) is 47.2 Å². The summed E-state index contributed by atoms with van der Waals surface area (Å²) in [5.41, 5.74) is 3.07. The number of alkyl halides is 1. The first kappa shape index (κ1) is 14.6. The van der Waals surface area contributed by atoms with E-state index in [1.54, 1.807) is 0 Å². The van der Waals surface area contributed by atoms with E-state index in [9.17, 15) is 4.79 Å². The fourth-order valence-corrected chi connectivity index (χ4v) is 3.18. The number of carbonyl (C=O) groups is 1. The minimum atomic E-state index is 0.0714. The van der Waals surface area contributed by atoms with E-state index < -0.39 is 0 Å². The Morgan fingerprint density at radius 1 is 1.26 bits per heavy atom. The van der Waals surface area contributed by atoms with E-state index >= 15 is 0 Å². The molecule has 0 radical (unpaired) electrons. The summed E-state index contributed by atoms with van der Waals surface area (Å²) >= 11 is 3.66. The summed E-state index contributed by atoms with van der Waals surface area (Å²) in [5, 5.41) is 3.10. The van der Waals surface area contributed by atoms with Gasteiger partial charge in [-0.1, -0.05) is 28.1 Å². The van der Waals surface area contributed by atoms with Gasteiger partial charge in [-0.3, -0.25) is 4.79 Å². The summed E-state index contributed by atoms with van der Waals surface area (Å²) in [6, 6.07) is 5.91. The molecule has 0 saturated heterocycles. The number of hydrogen-bond donors (Lipinski definition) is 1. The SMILES string of the molecule is Cc1cccc(C(=O)NCC2CCC(Br)CC2)c1C. The van der Waals surface area contributed by atoms with E-state index in [2.05, 4.69) is 21.2 Å². The molecule has 1 aliphatic rings. The lowest BCUT2D eigenvalue weighted by atomic mass is 9.89. The van der Waals surface area contributed by atoms with Crippen molar-refractivity contribution in [1.29, 1.82) is 0 Å². The van der Waals surface area contributed by atoms with Crippen LogP contribution in [0.5, 0.6) is 0 Å². The molecule has 1 aromatic rings. The van der Waals surface area contributed by atoms with Gasteiger partial charge < -0.3 is 5.32 Å². The van der Waals surface area contributed by atoms with Crippen molar-refractivity contribution >= 4 is 21.8 Å². The summed E-state index contributed by atoms with van der Waals surface area (Å²) in [7, 11) is 0. The molecule has 1 fully saturated rings. The lowest BCUT2D eigenvalue weighted by Crippen LogP contribution is -2.31. The number of hydrogen-bond acceptors (Lipinski definition) is 1. The summed E-state index contributed by atoms with van der Waals surface area (Å²) in [6.07, 6.45) is 4.88. The van der Waals surface area contributed by atoms with E-state index in [4.69, 9.17) is 0 Å². The maximum Gasteiger partial charge on any atom is 0.251 e. The average molecular weight is 324 g/mol. The van der Waals surface area contributed by atoms with Gasteiger partial charge in [-0.05, 0) is 62.6 Å². The van der Waals surface area contributed by atoms with Gasteiger partial charge in [0.1, 0.15) is 0 Å². The van der Waals surface area contributed by atoms with Crippen molar-refractivity contribution in [2.75, 3.05) is 6.54 Å². The Morgan fingerprint density at radius 3 is 2.63 bits per heavy atom. The third-order valence-corrected chi connectivity index (χ3v) is 5.09. The van der Waals surface area contributed by atoms with Crippen LogP contribution in [0.4, 0.5) is 0 Å². The third-order valence-electron chi connectivity index (χ3n) is 4.18. The van der Waals surface area contributed by atoms with Gasteiger partial charge in [-0.15, -0.1) is 0 Å². The van der Waals surface area contributed by atoms with Crippen LogP contribution in [-0.4, -0.2) is 17.3 Å². The predicted molar refractivity (Wildman–Crippen MR) is 82.9 cm³/mol. The van der Waals surface area contributed by atoms with Gasteiger partial charge in [0.15, 0.2) is 0 Å². The Morgan fingerprint density at radius 2 is 1.95 bits per heavy atom. The van der Waals surface area contributed by atoms with Crippen molar-refractivity contribution < 1.29 is 4.79 Å². The van der Waals surface area contributed by atoms with Crippen LogP contribution in [-0.2, 0) is 0 Å². The van der Waals surface area contributed by atoms with Gasteiger partial charge in [0.25, 0.3) is 5.91 Å². The monoisotopic (exact) mass is 323 g/mol. The number of nitrogens with one attached hydrogen (secondary N) is 1. The van der Waals surface area contributed by atoms with E-state index in [-0.39, 0.29) is 5.91 Å². The van der Waals surface area contributed by atoms with Gasteiger partial charge in [-0.2, -0.15) is 0 Å². The number of rotatable bonds is 3. The molecular weight excluding hydrogens is 302 g/mol. The Balaban J connectivity index is 1.89. The molecule has 1 saturated carbocycles. The molecule has 0 bridgehead atoms. The molecule has 0 heterocycles.